The Morgan fingerprint density at radius 3 is 2.30 bits per heavy atom. The van der Waals surface area contributed by atoms with Crippen molar-refractivity contribution in [2.24, 2.45) is 5.92 Å². The number of ether oxygens (including phenoxy) is 3. The fourth-order valence-electron chi connectivity index (χ4n) is 9.03. The molecule has 244 valence electrons. The molecule has 6 nitrogen and oxygen atoms in total. The van der Waals surface area contributed by atoms with Gasteiger partial charge in [-0.2, -0.15) is 0 Å². The first-order chi connectivity index (χ1) is 21.5. The highest BCUT2D eigenvalue weighted by molar-refractivity contribution is 5.70. The molecule has 4 atom stereocenters. The monoisotopic (exact) mass is 607 g/mol. The van der Waals surface area contributed by atoms with Gasteiger partial charge in [0, 0.05) is 18.2 Å². The van der Waals surface area contributed by atoms with Crippen LogP contribution in [0.5, 0.6) is 11.5 Å². The van der Waals surface area contributed by atoms with Crippen LogP contribution in [0.25, 0.3) is 0 Å². The summed E-state index contributed by atoms with van der Waals surface area (Å²) in [5.41, 5.74) is 1.94. The van der Waals surface area contributed by atoms with E-state index in [1.165, 1.54) is 95.5 Å². The number of hydrogen-bond acceptors (Lipinski definition) is 6. The van der Waals surface area contributed by atoms with Crippen LogP contribution in [0.1, 0.15) is 140 Å². The number of likely N-dealkylation sites (tertiary alicyclic amines) is 1. The molecule has 0 aromatic heterocycles. The number of aliphatic hydroxyl groups is 1. The van der Waals surface area contributed by atoms with Gasteiger partial charge in [0.05, 0.1) is 17.6 Å². The molecule has 44 heavy (non-hydrogen) atoms. The smallest absolute Gasteiger partial charge is 0.481 e. The Kier molecular flexibility index (Phi) is 10.3. The SMILES string of the molecule is C=C1CC[C@@]2(O)C3Cc4ccc(OC(=O)OCCCCCCCCCCCCCCCC)c5c4[C@@]2(CCN3CC2CC2)[C@H]1O5. The number of carbonyl (C=O) groups excluding carboxylic acids is 1. The largest absolute Gasteiger partial charge is 0.513 e. The zero-order valence-electron chi connectivity index (χ0n) is 27.4. The second kappa shape index (κ2) is 14.2. The number of carbonyl (C=O) groups is 1. The summed E-state index contributed by atoms with van der Waals surface area (Å²) in [5, 5.41) is 12.5. The van der Waals surface area contributed by atoms with E-state index < -0.39 is 17.2 Å². The van der Waals surface area contributed by atoms with E-state index in [4.69, 9.17) is 14.2 Å². The van der Waals surface area contributed by atoms with Gasteiger partial charge >= 0.3 is 6.16 Å². The van der Waals surface area contributed by atoms with Crippen LogP contribution in [0.2, 0.25) is 0 Å². The van der Waals surface area contributed by atoms with Crippen molar-refractivity contribution < 1.29 is 24.1 Å². The van der Waals surface area contributed by atoms with Gasteiger partial charge in [-0.1, -0.05) is 103 Å². The minimum Gasteiger partial charge on any atom is -0.481 e. The first kappa shape index (κ1) is 31.9. The lowest BCUT2D eigenvalue weighted by molar-refractivity contribution is -0.174. The molecule has 2 heterocycles. The summed E-state index contributed by atoms with van der Waals surface area (Å²) in [6.45, 7) is 9.09. The maximum Gasteiger partial charge on any atom is 0.513 e. The van der Waals surface area contributed by atoms with Gasteiger partial charge in [-0.25, -0.2) is 4.79 Å². The molecule has 1 saturated heterocycles. The molecule has 2 saturated carbocycles. The Morgan fingerprint density at radius 1 is 0.977 bits per heavy atom. The lowest BCUT2D eigenvalue weighted by atomic mass is 9.48. The summed E-state index contributed by atoms with van der Waals surface area (Å²) in [6, 6.07) is 4.05. The van der Waals surface area contributed by atoms with Gasteiger partial charge in [0.25, 0.3) is 0 Å². The Morgan fingerprint density at radius 2 is 1.64 bits per heavy atom. The van der Waals surface area contributed by atoms with Crippen LogP contribution in [0.4, 0.5) is 4.79 Å². The molecule has 1 aromatic carbocycles. The van der Waals surface area contributed by atoms with Crippen molar-refractivity contribution >= 4 is 6.16 Å². The van der Waals surface area contributed by atoms with Crippen molar-refractivity contribution in [1.82, 2.24) is 4.90 Å². The van der Waals surface area contributed by atoms with Gasteiger partial charge in [-0.05, 0) is 74.6 Å². The second-order valence-electron chi connectivity index (χ2n) is 14.7. The van der Waals surface area contributed by atoms with E-state index in [1.54, 1.807) is 0 Å². The fraction of sp³-hybridized carbons (Fsp3) is 0.763. The number of nitrogens with zero attached hydrogens (tertiary/aromatic N) is 1. The number of rotatable bonds is 18. The van der Waals surface area contributed by atoms with E-state index in [1.807, 2.05) is 6.07 Å². The Bertz CT molecular complexity index is 1160. The van der Waals surface area contributed by atoms with Crippen molar-refractivity contribution in [2.45, 2.75) is 159 Å². The Balaban J connectivity index is 0.959. The standard InChI is InChI=1S/C38H57NO5/c1-3-4-5-6-7-8-9-10-11-12-13-14-15-16-25-42-36(40)43-31-20-19-30-26-32-38(41)22-21-28(2)35-37(38,33(30)34(31)44-35)23-24-39(32)27-29-17-18-29/h19-20,29,32,35,41H,2-18,21-27H2,1H3/t32?,35-,37-,38+/m0/s1. The van der Waals surface area contributed by atoms with Crippen molar-refractivity contribution in [1.29, 1.82) is 0 Å². The van der Waals surface area contributed by atoms with E-state index in [2.05, 4.69) is 24.5 Å². The first-order valence-corrected chi connectivity index (χ1v) is 18.3. The van der Waals surface area contributed by atoms with Crippen molar-refractivity contribution in [3.8, 4) is 11.5 Å². The van der Waals surface area contributed by atoms with Crippen LogP contribution in [-0.2, 0) is 16.6 Å². The average molecular weight is 608 g/mol. The van der Waals surface area contributed by atoms with Gasteiger partial charge in [0.1, 0.15) is 6.10 Å². The van der Waals surface area contributed by atoms with Crippen LogP contribution >= 0.6 is 0 Å². The van der Waals surface area contributed by atoms with Crippen molar-refractivity contribution in [2.75, 3.05) is 19.7 Å². The van der Waals surface area contributed by atoms with Crippen LogP contribution < -0.4 is 9.47 Å². The zero-order valence-corrected chi connectivity index (χ0v) is 27.4. The Hall–Kier alpha value is -2.05. The normalized spacial score (nSPS) is 28.5. The first-order valence-electron chi connectivity index (χ1n) is 18.3. The van der Waals surface area contributed by atoms with Gasteiger partial charge in [0.2, 0.25) is 0 Å². The maximum atomic E-state index is 12.7. The Labute approximate surface area is 265 Å². The second-order valence-corrected chi connectivity index (χ2v) is 14.7. The third-order valence-corrected chi connectivity index (χ3v) is 11.6. The third kappa shape index (κ3) is 6.32. The summed E-state index contributed by atoms with van der Waals surface area (Å²) in [5.74, 6) is 1.81. The lowest BCUT2D eigenvalue weighted by Gasteiger charge is -2.63. The molecule has 2 aliphatic heterocycles. The van der Waals surface area contributed by atoms with Crippen LogP contribution in [-0.4, -0.2) is 53.6 Å². The number of unbranched alkanes of at least 4 members (excludes halogenated alkanes) is 13. The summed E-state index contributed by atoms with van der Waals surface area (Å²) in [7, 11) is 0. The van der Waals surface area contributed by atoms with Crippen molar-refractivity contribution in [3.05, 3.63) is 35.4 Å². The molecule has 3 fully saturated rings. The molecular formula is C38H57NO5. The molecule has 3 aliphatic carbocycles. The summed E-state index contributed by atoms with van der Waals surface area (Å²) in [6.07, 6.45) is 22.9. The van der Waals surface area contributed by atoms with E-state index >= 15 is 0 Å². The molecule has 2 bridgehead atoms. The fourth-order valence-corrected chi connectivity index (χ4v) is 9.03. The molecule has 0 amide bonds. The van der Waals surface area contributed by atoms with Gasteiger partial charge in [-0.15, -0.1) is 0 Å². The highest BCUT2D eigenvalue weighted by Gasteiger charge is 2.72. The summed E-state index contributed by atoms with van der Waals surface area (Å²) in [4.78, 5) is 15.3. The predicted octanol–water partition coefficient (Wildman–Crippen LogP) is 8.80. The highest BCUT2D eigenvalue weighted by Crippen LogP contribution is 2.66. The summed E-state index contributed by atoms with van der Waals surface area (Å²) >= 11 is 0. The third-order valence-electron chi connectivity index (χ3n) is 11.6. The molecular weight excluding hydrogens is 550 g/mol. The van der Waals surface area contributed by atoms with Crippen LogP contribution in [0, 0.1) is 5.92 Å². The molecule has 1 aromatic rings. The lowest BCUT2D eigenvalue weighted by Crippen LogP contribution is -2.75. The van der Waals surface area contributed by atoms with Gasteiger partial charge in [-0.3, -0.25) is 4.90 Å². The number of benzene rings is 1. The number of hydrogen-bond donors (Lipinski definition) is 1. The minimum absolute atomic E-state index is 0.0938. The van der Waals surface area contributed by atoms with E-state index in [9.17, 15) is 9.90 Å². The summed E-state index contributed by atoms with van der Waals surface area (Å²) < 4.78 is 17.9. The number of piperidine rings is 1. The molecule has 1 unspecified atom stereocenters. The van der Waals surface area contributed by atoms with Gasteiger partial charge < -0.3 is 19.3 Å². The topological polar surface area (TPSA) is 68.2 Å². The predicted molar refractivity (Wildman–Crippen MR) is 175 cm³/mol. The van der Waals surface area contributed by atoms with Crippen molar-refractivity contribution in [3.63, 3.8) is 0 Å². The molecule has 1 N–H and O–H groups in total. The quantitative estimate of drug-likeness (QED) is 0.0779. The zero-order chi connectivity index (χ0) is 30.6. The minimum atomic E-state index is -0.864. The maximum absolute atomic E-state index is 12.7. The van der Waals surface area contributed by atoms with Crippen LogP contribution in [0.15, 0.2) is 24.3 Å². The molecule has 5 aliphatic rings. The molecule has 6 heteroatoms. The van der Waals surface area contributed by atoms with E-state index in [-0.39, 0.29) is 12.1 Å². The molecule has 1 spiro atoms. The van der Waals surface area contributed by atoms with E-state index in [0.717, 1.165) is 62.2 Å². The van der Waals surface area contributed by atoms with Gasteiger partial charge in [0.15, 0.2) is 11.5 Å². The van der Waals surface area contributed by atoms with Crippen LogP contribution in [0.3, 0.4) is 0 Å². The molecule has 0 radical (unpaired) electrons. The molecule has 6 rings (SSSR count). The average Bonchev–Trinajstić information content (AvgIpc) is 3.76. The highest BCUT2D eigenvalue weighted by atomic mass is 16.7. The van der Waals surface area contributed by atoms with E-state index in [0.29, 0.717) is 24.5 Å².